The van der Waals surface area contributed by atoms with Crippen LogP contribution in [0, 0.1) is 12.8 Å². The summed E-state index contributed by atoms with van der Waals surface area (Å²) < 4.78 is 0. The molecule has 0 aliphatic carbocycles. The molecule has 0 radical (unpaired) electrons. The van der Waals surface area contributed by atoms with Gasteiger partial charge < -0.3 is 10.2 Å². The van der Waals surface area contributed by atoms with Crippen LogP contribution >= 0.6 is 0 Å². The van der Waals surface area contributed by atoms with Gasteiger partial charge in [0.05, 0.1) is 12.0 Å². The van der Waals surface area contributed by atoms with Gasteiger partial charge in [0.1, 0.15) is 11.5 Å². The fourth-order valence-electron chi connectivity index (χ4n) is 6.74. The third-order valence-corrected chi connectivity index (χ3v) is 8.40. The van der Waals surface area contributed by atoms with Crippen LogP contribution in [0.15, 0.2) is 104 Å². The number of nitrogens with zero attached hydrogens (tertiary/aromatic N) is 2. The summed E-state index contributed by atoms with van der Waals surface area (Å²) >= 11 is 0. The number of rotatable bonds is 4. The van der Waals surface area contributed by atoms with Gasteiger partial charge in [-0.2, -0.15) is 0 Å². The second kappa shape index (κ2) is 8.60. The van der Waals surface area contributed by atoms with E-state index < -0.39 is 23.4 Å². The van der Waals surface area contributed by atoms with E-state index in [2.05, 4.69) is 10.3 Å². The highest BCUT2D eigenvalue weighted by molar-refractivity contribution is 6.16. The van der Waals surface area contributed by atoms with Crippen LogP contribution in [0.2, 0.25) is 0 Å². The molecule has 39 heavy (non-hydrogen) atoms. The normalized spacial score (nSPS) is 24.2. The number of pyridine rings is 1. The van der Waals surface area contributed by atoms with Gasteiger partial charge in [0.15, 0.2) is 11.6 Å². The summed E-state index contributed by atoms with van der Waals surface area (Å²) in [5.41, 5.74) is 3.85. The Labute approximate surface area is 226 Å². The molecule has 190 valence electrons. The lowest BCUT2D eigenvalue weighted by Crippen LogP contribution is -2.49. The largest absolute Gasteiger partial charge is 0.358 e. The van der Waals surface area contributed by atoms with Crippen LogP contribution in [0.1, 0.15) is 49.0 Å². The van der Waals surface area contributed by atoms with Gasteiger partial charge >= 0.3 is 0 Å². The van der Waals surface area contributed by atoms with Gasteiger partial charge in [-0.05, 0) is 47.9 Å². The summed E-state index contributed by atoms with van der Waals surface area (Å²) in [7, 11) is 0. The number of anilines is 1. The number of aromatic nitrogens is 1. The van der Waals surface area contributed by atoms with Gasteiger partial charge in [-0.15, -0.1) is 0 Å². The van der Waals surface area contributed by atoms with Crippen molar-refractivity contribution in [1.29, 1.82) is 0 Å². The summed E-state index contributed by atoms with van der Waals surface area (Å²) in [6.07, 6.45) is 6.97. The third-order valence-electron chi connectivity index (χ3n) is 8.40. The first kappa shape index (κ1) is 23.3. The number of nitrogens with one attached hydrogen (secondary N) is 1. The van der Waals surface area contributed by atoms with E-state index in [1.54, 1.807) is 30.5 Å². The molecule has 0 unspecified atom stereocenters. The van der Waals surface area contributed by atoms with Crippen molar-refractivity contribution >= 4 is 29.2 Å². The quantitative estimate of drug-likeness (QED) is 0.373. The number of hydrogen-bond donors (Lipinski definition) is 1. The van der Waals surface area contributed by atoms with Gasteiger partial charge in [-0.3, -0.25) is 19.4 Å². The zero-order valence-corrected chi connectivity index (χ0v) is 21.2. The molecule has 0 saturated carbocycles. The Bertz CT molecular complexity index is 1680. The Morgan fingerprint density at radius 1 is 0.872 bits per heavy atom. The minimum atomic E-state index is -1.34. The molecular weight excluding hydrogens is 486 g/mol. The number of aryl methyl sites for hydroxylation is 1. The molecule has 3 aliphatic heterocycles. The lowest BCUT2D eigenvalue weighted by atomic mass is 9.62. The molecule has 4 heterocycles. The van der Waals surface area contributed by atoms with Crippen molar-refractivity contribution in [3.05, 3.63) is 137 Å². The third kappa shape index (κ3) is 3.21. The molecule has 6 heteroatoms. The van der Waals surface area contributed by atoms with Crippen molar-refractivity contribution in [1.82, 2.24) is 9.88 Å². The SMILES string of the molecule is Cc1ccc(C(=O)[C@@H]2[C@@H](C(=O)c3cccnc3)[C@@]3(C(=O)Nc4ccccc43)[C@H]3c4ccccc4C=CN23)cc1. The van der Waals surface area contributed by atoms with Crippen LogP contribution < -0.4 is 5.32 Å². The number of Topliss-reactive ketones (excluding diaryl/α,β-unsaturated/α-hetero) is 2. The standard InChI is InChI=1S/C33H25N3O3/c1-20-12-14-22(15-13-20)30(38)28-27(29(37)23-8-6-17-34-19-23)33(25-10-4-5-11-26(25)35-32(33)39)31-24-9-3-2-7-21(24)16-18-36(28)31/h2-19,27-28,31H,1H3,(H,35,39)/t27-,28-,31+,33+/m0/s1. The topological polar surface area (TPSA) is 79.4 Å². The Hall–Kier alpha value is -4.84. The monoisotopic (exact) mass is 511 g/mol. The fraction of sp³-hybridized carbons (Fsp3) is 0.152. The minimum absolute atomic E-state index is 0.194. The maximum atomic E-state index is 14.6. The minimum Gasteiger partial charge on any atom is -0.358 e. The molecule has 1 aromatic heterocycles. The molecule has 7 rings (SSSR count). The number of ketones is 2. The average molecular weight is 512 g/mol. The zero-order chi connectivity index (χ0) is 26.7. The second-order valence-corrected chi connectivity index (χ2v) is 10.4. The Balaban J connectivity index is 1.54. The number of fused-ring (bicyclic) bond motifs is 6. The molecule has 1 fully saturated rings. The van der Waals surface area contributed by atoms with Crippen LogP contribution in [-0.4, -0.2) is 33.4 Å². The fourth-order valence-corrected chi connectivity index (χ4v) is 6.74. The molecule has 1 amide bonds. The van der Waals surface area contributed by atoms with E-state index in [9.17, 15) is 14.4 Å². The maximum absolute atomic E-state index is 14.6. The molecular formula is C33H25N3O3. The van der Waals surface area contributed by atoms with Gasteiger partial charge in [0, 0.05) is 35.4 Å². The van der Waals surface area contributed by atoms with Crippen LogP contribution in [0.3, 0.4) is 0 Å². The van der Waals surface area contributed by atoms with Gasteiger partial charge in [-0.1, -0.05) is 72.3 Å². The number of hydrogen-bond acceptors (Lipinski definition) is 5. The van der Waals surface area contributed by atoms with Gasteiger partial charge in [0.25, 0.3) is 0 Å². The lowest BCUT2D eigenvalue weighted by molar-refractivity contribution is -0.122. The van der Waals surface area contributed by atoms with Crippen LogP contribution in [0.25, 0.3) is 6.08 Å². The first-order valence-electron chi connectivity index (χ1n) is 13.0. The van der Waals surface area contributed by atoms with Crippen LogP contribution in [-0.2, 0) is 10.2 Å². The summed E-state index contributed by atoms with van der Waals surface area (Å²) in [6, 6.07) is 24.7. The first-order valence-corrected chi connectivity index (χ1v) is 13.0. The van der Waals surface area contributed by atoms with Crippen molar-refractivity contribution in [3.63, 3.8) is 0 Å². The number of carbonyl (C=O) groups is 3. The van der Waals surface area contributed by atoms with Gasteiger partial charge in [-0.25, -0.2) is 0 Å². The molecule has 0 bridgehead atoms. The van der Waals surface area contributed by atoms with E-state index in [0.717, 1.165) is 22.3 Å². The van der Waals surface area contributed by atoms with E-state index in [1.807, 2.05) is 84.8 Å². The predicted octanol–water partition coefficient (Wildman–Crippen LogP) is 5.37. The van der Waals surface area contributed by atoms with Crippen molar-refractivity contribution in [2.75, 3.05) is 5.32 Å². The number of benzene rings is 3. The molecule has 3 aromatic carbocycles. The van der Waals surface area contributed by atoms with Crippen molar-refractivity contribution in [2.45, 2.75) is 24.4 Å². The highest BCUT2D eigenvalue weighted by Crippen LogP contribution is 2.62. The maximum Gasteiger partial charge on any atom is 0.238 e. The Morgan fingerprint density at radius 2 is 1.64 bits per heavy atom. The average Bonchev–Trinajstić information content (AvgIpc) is 3.45. The summed E-state index contributed by atoms with van der Waals surface area (Å²) in [5, 5.41) is 3.07. The molecule has 6 nitrogen and oxygen atoms in total. The van der Waals surface area contributed by atoms with Gasteiger partial charge in [0.2, 0.25) is 5.91 Å². The summed E-state index contributed by atoms with van der Waals surface area (Å²) in [6.45, 7) is 1.97. The molecule has 1 spiro atoms. The molecule has 4 aromatic rings. The van der Waals surface area contributed by atoms with Crippen LogP contribution in [0.4, 0.5) is 5.69 Å². The van der Waals surface area contributed by atoms with E-state index in [-0.39, 0.29) is 17.5 Å². The highest BCUT2D eigenvalue weighted by Gasteiger charge is 2.70. The lowest BCUT2D eigenvalue weighted by Gasteiger charge is -2.38. The number of para-hydroxylation sites is 1. The van der Waals surface area contributed by atoms with Crippen LogP contribution in [0.5, 0.6) is 0 Å². The zero-order valence-electron chi connectivity index (χ0n) is 21.2. The van der Waals surface area contributed by atoms with E-state index in [1.165, 1.54) is 6.20 Å². The van der Waals surface area contributed by atoms with Crippen molar-refractivity contribution in [3.8, 4) is 0 Å². The Kier molecular flexibility index (Phi) is 5.13. The molecule has 1 saturated heterocycles. The smallest absolute Gasteiger partial charge is 0.238 e. The molecule has 1 N–H and O–H groups in total. The van der Waals surface area contributed by atoms with Crippen molar-refractivity contribution < 1.29 is 14.4 Å². The van der Waals surface area contributed by atoms with E-state index in [4.69, 9.17) is 0 Å². The Morgan fingerprint density at radius 3 is 2.44 bits per heavy atom. The molecule has 3 aliphatic rings. The number of carbonyl (C=O) groups excluding carboxylic acids is 3. The summed E-state index contributed by atoms with van der Waals surface area (Å²) in [4.78, 5) is 49.6. The van der Waals surface area contributed by atoms with E-state index >= 15 is 0 Å². The predicted molar refractivity (Wildman–Crippen MR) is 148 cm³/mol. The first-order chi connectivity index (χ1) is 19.0. The molecule has 4 atom stereocenters. The highest BCUT2D eigenvalue weighted by atomic mass is 16.2. The number of amides is 1. The second-order valence-electron chi connectivity index (χ2n) is 10.4. The van der Waals surface area contributed by atoms with E-state index in [0.29, 0.717) is 16.8 Å². The summed E-state index contributed by atoms with van der Waals surface area (Å²) in [5.74, 6) is -1.74. The van der Waals surface area contributed by atoms with Crippen molar-refractivity contribution in [2.24, 2.45) is 5.92 Å².